The SMILES string of the molecule is CC1(C)CC2(CC(C)(C)c3cc(O)c(O)c(CN4CCOCC4)c32)c2c1cc(O)c(O)c2CN1CCOCC1.CC1(C)CC2(CC(C)(C)c3cc(O)c(O)cc32)c2cc(O)c(O)cc21. The summed E-state index contributed by atoms with van der Waals surface area (Å²) >= 11 is 0. The summed E-state index contributed by atoms with van der Waals surface area (Å²) in [5.41, 5.74) is 8.11. The van der Waals surface area contributed by atoms with Crippen molar-refractivity contribution in [2.75, 3.05) is 52.6 Å². The zero-order chi connectivity index (χ0) is 46.1. The zero-order valence-electron chi connectivity index (χ0n) is 38.7. The summed E-state index contributed by atoms with van der Waals surface area (Å²) in [5.74, 6) is -0.717. The highest BCUT2D eigenvalue weighted by Gasteiger charge is 2.60. The molecule has 2 spiro atoms. The third-order valence-corrected chi connectivity index (χ3v) is 15.8. The highest BCUT2D eigenvalue weighted by atomic mass is 16.5. The molecule has 10 rings (SSSR count). The molecule has 2 aliphatic heterocycles. The Balaban J connectivity index is 0.000000178. The van der Waals surface area contributed by atoms with Gasteiger partial charge < -0.3 is 50.3 Å². The van der Waals surface area contributed by atoms with Crippen LogP contribution in [0.4, 0.5) is 0 Å². The van der Waals surface area contributed by atoms with Gasteiger partial charge in [-0.15, -0.1) is 0 Å². The van der Waals surface area contributed by atoms with E-state index >= 15 is 0 Å². The maximum Gasteiger partial charge on any atom is 0.162 e. The number of nitrogens with zero attached hydrogens (tertiary/aromatic N) is 2. The van der Waals surface area contributed by atoms with Gasteiger partial charge in [0.1, 0.15) is 0 Å². The molecular weight excluding hydrogens is 813 g/mol. The number of benzene rings is 4. The molecule has 6 aliphatic rings. The van der Waals surface area contributed by atoms with E-state index in [0.29, 0.717) is 39.5 Å². The van der Waals surface area contributed by atoms with Crippen LogP contribution < -0.4 is 0 Å². The first-order valence-corrected chi connectivity index (χ1v) is 22.8. The standard InChI is InChI=1S/C31H42N2O6.C21H24O4/c1-29(2)17-31(25-19(15-32-5-9-38-10-6-32)27(36)23(34)13-21(25)29)18-30(3,4)22-14-24(35)28(37)20(26(22)31)16-33-7-11-39-12-8-33;1-19(2)9-21(13-7-17(24)15(22)5-11(13)19)10-20(3,4)12-6-16(23)18(25)8-14(12)21/h13-14,34-37H,5-12,15-18H2,1-4H3;5-8,22-25H,9-10H2,1-4H3. The third kappa shape index (κ3) is 6.76. The van der Waals surface area contributed by atoms with Gasteiger partial charge in [-0.1, -0.05) is 55.4 Å². The Bertz CT molecular complexity index is 2370. The van der Waals surface area contributed by atoms with Gasteiger partial charge >= 0.3 is 0 Å². The maximum absolute atomic E-state index is 11.4. The van der Waals surface area contributed by atoms with Gasteiger partial charge in [-0.05, 0) is 128 Å². The lowest BCUT2D eigenvalue weighted by atomic mass is 9.70. The van der Waals surface area contributed by atoms with E-state index in [9.17, 15) is 40.9 Å². The molecule has 2 fully saturated rings. The zero-order valence-corrected chi connectivity index (χ0v) is 38.7. The molecule has 64 heavy (non-hydrogen) atoms. The first kappa shape index (κ1) is 44.3. The monoisotopic (exact) mass is 878 g/mol. The first-order valence-electron chi connectivity index (χ1n) is 22.8. The van der Waals surface area contributed by atoms with Crippen molar-refractivity contribution in [1.82, 2.24) is 9.80 Å². The van der Waals surface area contributed by atoms with Crippen molar-refractivity contribution in [3.05, 3.63) is 92.0 Å². The summed E-state index contributed by atoms with van der Waals surface area (Å²) in [6, 6.07) is 10.2. The molecule has 4 aromatic carbocycles. The van der Waals surface area contributed by atoms with Crippen molar-refractivity contribution in [2.45, 2.75) is 127 Å². The van der Waals surface area contributed by atoms with Crippen LogP contribution in [0.3, 0.4) is 0 Å². The average Bonchev–Trinajstić information content (AvgIpc) is 3.75. The average molecular weight is 879 g/mol. The van der Waals surface area contributed by atoms with Gasteiger partial charge in [-0.25, -0.2) is 0 Å². The second-order valence-corrected chi connectivity index (χ2v) is 22.2. The van der Waals surface area contributed by atoms with Crippen LogP contribution in [0.5, 0.6) is 46.0 Å². The van der Waals surface area contributed by atoms with Crippen LogP contribution in [0, 0.1) is 0 Å². The number of rotatable bonds is 4. The fourth-order valence-corrected chi connectivity index (χ4v) is 13.5. The number of hydrogen-bond acceptors (Lipinski definition) is 12. The Morgan fingerprint density at radius 1 is 0.391 bits per heavy atom. The quantitative estimate of drug-likeness (QED) is 0.0926. The van der Waals surface area contributed by atoms with E-state index in [-0.39, 0.29) is 73.1 Å². The molecule has 0 atom stereocenters. The van der Waals surface area contributed by atoms with Gasteiger partial charge in [0, 0.05) is 61.2 Å². The number of fused-ring (bicyclic) bond motifs is 8. The van der Waals surface area contributed by atoms with Crippen molar-refractivity contribution in [1.29, 1.82) is 0 Å². The van der Waals surface area contributed by atoms with Crippen LogP contribution in [0.2, 0.25) is 0 Å². The van der Waals surface area contributed by atoms with Crippen molar-refractivity contribution in [3.63, 3.8) is 0 Å². The van der Waals surface area contributed by atoms with Crippen LogP contribution in [0.1, 0.15) is 137 Å². The number of ether oxygens (including phenoxy) is 2. The van der Waals surface area contributed by atoms with Gasteiger partial charge in [0.05, 0.1) is 26.4 Å². The molecule has 344 valence electrons. The van der Waals surface area contributed by atoms with E-state index in [2.05, 4.69) is 65.2 Å². The summed E-state index contributed by atoms with van der Waals surface area (Å²) in [6.45, 7) is 24.1. The lowest BCUT2D eigenvalue weighted by Crippen LogP contribution is -2.37. The molecule has 4 aromatic rings. The molecule has 0 saturated carbocycles. The molecule has 0 bridgehead atoms. The second-order valence-electron chi connectivity index (χ2n) is 22.2. The van der Waals surface area contributed by atoms with Crippen molar-refractivity contribution in [2.24, 2.45) is 0 Å². The molecule has 12 nitrogen and oxygen atoms in total. The minimum absolute atomic E-state index is 0.0543. The number of phenols is 8. The minimum atomic E-state index is -0.489. The highest BCUT2D eigenvalue weighted by molar-refractivity contribution is 5.71. The van der Waals surface area contributed by atoms with Crippen molar-refractivity contribution >= 4 is 0 Å². The molecule has 0 aromatic heterocycles. The van der Waals surface area contributed by atoms with Crippen molar-refractivity contribution < 1.29 is 50.3 Å². The predicted octanol–water partition coefficient (Wildman–Crippen LogP) is 7.98. The summed E-state index contributed by atoms with van der Waals surface area (Å²) in [4.78, 5) is 4.56. The topological polar surface area (TPSA) is 187 Å². The van der Waals surface area contributed by atoms with Crippen LogP contribution in [-0.2, 0) is 55.1 Å². The molecule has 12 heteroatoms. The van der Waals surface area contributed by atoms with E-state index in [1.54, 1.807) is 36.4 Å². The predicted molar refractivity (Wildman–Crippen MR) is 243 cm³/mol. The van der Waals surface area contributed by atoms with E-state index < -0.39 is 5.41 Å². The van der Waals surface area contributed by atoms with Crippen LogP contribution in [-0.4, -0.2) is 103 Å². The van der Waals surface area contributed by atoms with E-state index in [4.69, 9.17) is 9.47 Å². The lowest BCUT2D eigenvalue weighted by Gasteiger charge is -2.36. The Labute approximate surface area is 376 Å². The van der Waals surface area contributed by atoms with Crippen LogP contribution in [0.25, 0.3) is 0 Å². The van der Waals surface area contributed by atoms with Gasteiger partial charge in [0.2, 0.25) is 0 Å². The third-order valence-electron chi connectivity index (χ3n) is 15.8. The molecular formula is C52H66N2O10. The first-order chi connectivity index (χ1) is 29.9. The Kier molecular flexibility index (Phi) is 10.3. The summed E-state index contributed by atoms with van der Waals surface area (Å²) in [5, 5.41) is 84.9. The largest absolute Gasteiger partial charge is 0.504 e. The second kappa shape index (κ2) is 14.8. The van der Waals surface area contributed by atoms with Gasteiger partial charge in [-0.2, -0.15) is 0 Å². The molecule has 8 N–H and O–H groups in total. The van der Waals surface area contributed by atoms with E-state index in [1.165, 1.54) is 0 Å². The summed E-state index contributed by atoms with van der Waals surface area (Å²) < 4.78 is 11.2. The van der Waals surface area contributed by atoms with Gasteiger partial charge in [-0.3, -0.25) is 9.80 Å². The fourth-order valence-electron chi connectivity index (χ4n) is 13.5. The van der Waals surface area contributed by atoms with E-state index in [0.717, 1.165) is 107 Å². The normalized spacial score (nSPS) is 22.8. The Morgan fingerprint density at radius 3 is 1.02 bits per heavy atom. The van der Waals surface area contributed by atoms with E-state index in [1.807, 2.05) is 0 Å². The van der Waals surface area contributed by atoms with Gasteiger partial charge in [0.25, 0.3) is 0 Å². The lowest BCUT2D eigenvalue weighted by molar-refractivity contribution is 0.0334. The van der Waals surface area contributed by atoms with Crippen LogP contribution in [0.15, 0.2) is 36.4 Å². The Hall–Kier alpha value is -4.88. The fraction of sp³-hybridized carbons (Fsp3) is 0.538. The molecule has 0 amide bonds. The molecule has 0 unspecified atom stereocenters. The molecule has 2 saturated heterocycles. The number of aromatic hydroxyl groups is 8. The number of phenolic OH excluding ortho intramolecular Hbond substituents is 8. The summed E-state index contributed by atoms with van der Waals surface area (Å²) in [7, 11) is 0. The molecule has 2 heterocycles. The molecule has 0 radical (unpaired) electrons. The minimum Gasteiger partial charge on any atom is -0.504 e. The Morgan fingerprint density at radius 2 is 0.672 bits per heavy atom. The highest BCUT2D eigenvalue weighted by Crippen LogP contribution is 2.68. The number of hydrogen-bond donors (Lipinski definition) is 8. The number of morpholine rings is 2. The van der Waals surface area contributed by atoms with Crippen molar-refractivity contribution in [3.8, 4) is 46.0 Å². The van der Waals surface area contributed by atoms with Crippen LogP contribution >= 0.6 is 0 Å². The molecule has 4 aliphatic carbocycles. The smallest absolute Gasteiger partial charge is 0.162 e. The maximum atomic E-state index is 11.4. The summed E-state index contributed by atoms with van der Waals surface area (Å²) in [6.07, 6.45) is 3.20. The van der Waals surface area contributed by atoms with Gasteiger partial charge in [0.15, 0.2) is 46.0 Å².